The van der Waals surface area contributed by atoms with Gasteiger partial charge >= 0.3 is 0 Å². The lowest BCUT2D eigenvalue weighted by Gasteiger charge is -2.14. The zero-order valence-corrected chi connectivity index (χ0v) is 14.5. The van der Waals surface area contributed by atoms with Gasteiger partial charge in [0, 0.05) is 17.8 Å². The molecule has 0 radical (unpaired) electrons. The van der Waals surface area contributed by atoms with Crippen molar-refractivity contribution in [3.8, 4) is 5.75 Å². The Morgan fingerprint density at radius 2 is 1.91 bits per heavy atom. The highest BCUT2D eigenvalue weighted by molar-refractivity contribution is 5.91. The molecule has 1 atom stereocenters. The van der Waals surface area contributed by atoms with E-state index in [1.807, 2.05) is 56.6 Å². The molecule has 0 saturated heterocycles. The second-order valence-corrected chi connectivity index (χ2v) is 5.80. The summed E-state index contributed by atoms with van der Waals surface area (Å²) in [6.07, 6.45) is 0.384. The smallest absolute Gasteiger partial charge is 0.226 e. The number of amides is 1. The van der Waals surface area contributed by atoms with Crippen molar-refractivity contribution in [1.82, 2.24) is 9.78 Å². The lowest BCUT2D eigenvalue weighted by Crippen LogP contribution is -2.19. The van der Waals surface area contributed by atoms with Crippen molar-refractivity contribution in [2.45, 2.75) is 47.1 Å². The molecule has 1 aromatic heterocycles. The lowest BCUT2D eigenvalue weighted by molar-refractivity contribution is -0.116. The topological polar surface area (TPSA) is 56.1 Å². The molecule has 5 nitrogen and oxygen atoms in total. The van der Waals surface area contributed by atoms with E-state index in [0.29, 0.717) is 13.0 Å². The summed E-state index contributed by atoms with van der Waals surface area (Å²) < 4.78 is 7.32. The highest BCUT2D eigenvalue weighted by Gasteiger charge is 2.16. The van der Waals surface area contributed by atoms with Crippen molar-refractivity contribution >= 4 is 11.6 Å². The molecular formula is C18H25N3O2. The van der Waals surface area contributed by atoms with Crippen LogP contribution in [0.25, 0.3) is 0 Å². The Bertz CT molecular complexity index is 674. The third-order valence-corrected chi connectivity index (χ3v) is 4.03. The van der Waals surface area contributed by atoms with Crippen molar-refractivity contribution in [3.05, 3.63) is 41.2 Å². The van der Waals surface area contributed by atoms with Gasteiger partial charge in [0.2, 0.25) is 5.91 Å². The van der Waals surface area contributed by atoms with Gasteiger partial charge in [-0.05, 0) is 64.4 Å². The highest BCUT2D eigenvalue weighted by atomic mass is 16.5. The quantitative estimate of drug-likeness (QED) is 0.882. The first-order chi connectivity index (χ1) is 10.9. The zero-order valence-electron chi connectivity index (χ0n) is 14.5. The number of rotatable bonds is 6. The molecular weight excluding hydrogens is 290 g/mol. The minimum Gasteiger partial charge on any atom is -0.494 e. The van der Waals surface area contributed by atoms with Crippen LogP contribution in [0.2, 0.25) is 0 Å². The average molecular weight is 315 g/mol. The zero-order chi connectivity index (χ0) is 17.0. The molecule has 0 fully saturated rings. The first-order valence-electron chi connectivity index (χ1n) is 7.97. The number of nitrogens with zero attached hydrogens (tertiary/aromatic N) is 2. The monoisotopic (exact) mass is 315 g/mol. The summed E-state index contributed by atoms with van der Waals surface area (Å²) in [6, 6.07) is 7.42. The van der Waals surface area contributed by atoms with Crippen LogP contribution in [0, 0.1) is 20.8 Å². The number of hydrogen-bond acceptors (Lipinski definition) is 3. The Balaban J connectivity index is 1.97. The molecule has 23 heavy (non-hydrogen) atoms. The maximum absolute atomic E-state index is 12.2. The molecule has 0 aliphatic rings. The first kappa shape index (κ1) is 17.1. The van der Waals surface area contributed by atoms with E-state index in [1.165, 1.54) is 5.56 Å². The van der Waals surface area contributed by atoms with Crippen LogP contribution in [0.4, 0.5) is 5.69 Å². The maximum atomic E-state index is 12.2. The van der Waals surface area contributed by atoms with Crippen LogP contribution in [0.15, 0.2) is 24.3 Å². The Hall–Kier alpha value is -2.30. The van der Waals surface area contributed by atoms with Crippen molar-refractivity contribution in [2.24, 2.45) is 0 Å². The highest BCUT2D eigenvalue weighted by Crippen LogP contribution is 2.20. The second-order valence-electron chi connectivity index (χ2n) is 5.80. The van der Waals surface area contributed by atoms with Crippen LogP contribution >= 0.6 is 0 Å². The summed E-state index contributed by atoms with van der Waals surface area (Å²) in [5.74, 6) is 0.781. The molecule has 2 rings (SSSR count). The van der Waals surface area contributed by atoms with E-state index >= 15 is 0 Å². The Labute approximate surface area is 137 Å². The fraction of sp³-hybridized carbons (Fsp3) is 0.444. The van der Waals surface area contributed by atoms with Crippen LogP contribution in [0.3, 0.4) is 0 Å². The standard InChI is InChI=1S/C18H25N3O2/c1-6-23-17-9-7-16(8-10-17)19-18(22)11-12(2)21-15(5)13(3)14(4)20-21/h7-10,12H,6,11H2,1-5H3,(H,19,22). The number of aromatic nitrogens is 2. The number of benzene rings is 1. The van der Waals surface area contributed by atoms with Gasteiger partial charge in [-0.3, -0.25) is 9.48 Å². The van der Waals surface area contributed by atoms with Gasteiger partial charge in [0.05, 0.1) is 18.3 Å². The molecule has 0 aliphatic heterocycles. The van der Waals surface area contributed by atoms with Crippen molar-refractivity contribution in [1.29, 1.82) is 0 Å². The molecule has 0 aliphatic carbocycles. The van der Waals surface area contributed by atoms with Gasteiger partial charge in [-0.1, -0.05) is 0 Å². The number of ether oxygens (including phenoxy) is 1. The summed E-state index contributed by atoms with van der Waals surface area (Å²) in [4.78, 5) is 12.2. The van der Waals surface area contributed by atoms with Crippen molar-refractivity contribution in [3.63, 3.8) is 0 Å². The third-order valence-electron chi connectivity index (χ3n) is 4.03. The minimum atomic E-state index is -0.0214. The molecule has 124 valence electrons. The Kier molecular flexibility index (Phi) is 5.42. The molecule has 1 amide bonds. The predicted molar refractivity (Wildman–Crippen MR) is 92.0 cm³/mol. The summed E-state index contributed by atoms with van der Waals surface area (Å²) in [5, 5.41) is 7.44. The van der Waals surface area contributed by atoms with Gasteiger partial charge in [0.25, 0.3) is 0 Å². The van der Waals surface area contributed by atoms with Gasteiger partial charge in [-0.15, -0.1) is 0 Å². The van der Waals surface area contributed by atoms with E-state index in [4.69, 9.17) is 4.74 Å². The number of hydrogen-bond donors (Lipinski definition) is 1. The lowest BCUT2D eigenvalue weighted by atomic mass is 10.2. The molecule has 0 saturated carbocycles. The van der Waals surface area contributed by atoms with Gasteiger partial charge in [-0.2, -0.15) is 5.10 Å². The molecule has 0 spiro atoms. The summed E-state index contributed by atoms with van der Waals surface area (Å²) in [7, 11) is 0. The molecule has 2 aromatic rings. The van der Waals surface area contributed by atoms with Gasteiger partial charge in [0.1, 0.15) is 5.75 Å². The van der Waals surface area contributed by atoms with E-state index in [-0.39, 0.29) is 11.9 Å². The molecule has 1 heterocycles. The molecule has 1 unspecified atom stereocenters. The van der Waals surface area contributed by atoms with Gasteiger partial charge in [0.15, 0.2) is 0 Å². The normalized spacial score (nSPS) is 12.0. The summed E-state index contributed by atoms with van der Waals surface area (Å²) in [6.45, 7) is 10.7. The van der Waals surface area contributed by atoms with E-state index < -0.39 is 0 Å². The summed E-state index contributed by atoms with van der Waals surface area (Å²) in [5.41, 5.74) is 4.09. The number of carbonyl (C=O) groups is 1. The average Bonchev–Trinajstić information content (AvgIpc) is 2.77. The number of nitrogens with one attached hydrogen (secondary N) is 1. The van der Waals surface area contributed by atoms with Crippen LogP contribution in [0.5, 0.6) is 5.75 Å². The van der Waals surface area contributed by atoms with Crippen molar-refractivity contribution < 1.29 is 9.53 Å². The van der Waals surface area contributed by atoms with Crippen LogP contribution in [-0.4, -0.2) is 22.3 Å². The number of carbonyl (C=O) groups excluding carboxylic acids is 1. The van der Waals surface area contributed by atoms with E-state index in [9.17, 15) is 4.79 Å². The van der Waals surface area contributed by atoms with Crippen LogP contribution in [0.1, 0.15) is 43.3 Å². The van der Waals surface area contributed by atoms with Crippen LogP contribution < -0.4 is 10.1 Å². The maximum Gasteiger partial charge on any atom is 0.226 e. The number of anilines is 1. The fourth-order valence-corrected chi connectivity index (χ4v) is 2.54. The largest absolute Gasteiger partial charge is 0.494 e. The SMILES string of the molecule is CCOc1ccc(NC(=O)CC(C)n2nc(C)c(C)c2C)cc1. The van der Waals surface area contributed by atoms with Gasteiger partial charge in [-0.25, -0.2) is 0 Å². The van der Waals surface area contributed by atoms with E-state index in [0.717, 1.165) is 22.8 Å². The van der Waals surface area contributed by atoms with E-state index in [2.05, 4.69) is 17.3 Å². The molecule has 5 heteroatoms. The van der Waals surface area contributed by atoms with E-state index in [1.54, 1.807) is 0 Å². The third kappa shape index (κ3) is 4.12. The first-order valence-corrected chi connectivity index (χ1v) is 7.97. The van der Waals surface area contributed by atoms with Crippen molar-refractivity contribution in [2.75, 3.05) is 11.9 Å². The predicted octanol–water partition coefficient (Wildman–Crippen LogP) is 3.80. The minimum absolute atomic E-state index is 0.0186. The Morgan fingerprint density at radius 3 is 2.43 bits per heavy atom. The molecule has 0 bridgehead atoms. The summed E-state index contributed by atoms with van der Waals surface area (Å²) >= 11 is 0. The number of aryl methyl sites for hydroxylation is 1. The van der Waals surface area contributed by atoms with Gasteiger partial charge < -0.3 is 10.1 Å². The Morgan fingerprint density at radius 1 is 1.26 bits per heavy atom. The molecule has 1 N–H and O–H groups in total. The molecule has 1 aromatic carbocycles. The fourth-order valence-electron chi connectivity index (χ4n) is 2.54. The van der Waals surface area contributed by atoms with Crippen LogP contribution in [-0.2, 0) is 4.79 Å². The second kappa shape index (κ2) is 7.31.